The molecule has 1 heterocycles. The molecular formula is C16H13N5O3. The average molecular weight is 323 g/mol. The van der Waals surface area contributed by atoms with Crippen molar-refractivity contribution in [3.8, 4) is 24.0 Å². The van der Waals surface area contributed by atoms with Crippen LogP contribution in [0.3, 0.4) is 0 Å². The summed E-state index contributed by atoms with van der Waals surface area (Å²) in [6.45, 7) is 1.80. The summed E-state index contributed by atoms with van der Waals surface area (Å²) in [7, 11) is 2.68. The summed E-state index contributed by atoms with van der Waals surface area (Å²) in [5, 5.41) is 21.6. The van der Waals surface area contributed by atoms with Gasteiger partial charge in [0.2, 0.25) is 5.88 Å². The second-order valence-corrected chi connectivity index (χ2v) is 4.85. The minimum absolute atomic E-state index is 0.0531. The molecule has 2 aromatic rings. The lowest BCUT2D eigenvalue weighted by atomic mass is 9.93. The Kier molecular flexibility index (Phi) is 5.03. The molecule has 0 bridgehead atoms. The molecule has 0 aliphatic heterocycles. The molecule has 8 heteroatoms. The van der Waals surface area contributed by atoms with E-state index < -0.39 is 5.92 Å². The van der Waals surface area contributed by atoms with Gasteiger partial charge in [-0.25, -0.2) is 0 Å². The van der Waals surface area contributed by atoms with Gasteiger partial charge in [-0.2, -0.15) is 20.5 Å². The van der Waals surface area contributed by atoms with E-state index in [1.807, 2.05) is 6.07 Å². The predicted octanol–water partition coefficient (Wildman–Crippen LogP) is 2.73. The highest BCUT2D eigenvalue weighted by Crippen LogP contribution is 2.37. The van der Waals surface area contributed by atoms with Crippen LogP contribution >= 0.6 is 0 Å². The van der Waals surface area contributed by atoms with Crippen LogP contribution in [-0.4, -0.2) is 24.2 Å². The third-order valence-electron chi connectivity index (χ3n) is 3.29. The summed E-state index contributed by atoms with van der Waals surface area (Å²) in [5.41, 5.74) is 1.61. The van der Waals surface area contributed by atoms with Crippen LogP contribution in [0.25, 0.3) is 0 Å². The zero-order chi connectivity index (χ0) is 17.7. The number of hydrogen-bond acceptors (Lipinski definition) is 8. The Morgan fingerprint density at radius 1 is 1.17 bits per heavy atom. The number of ether oxygens (including phenoxy) is 2. The minimum atomic E-state index is -0.935. The Balaban J connectivity index is 2.72. The van der Waals surface area contributed by atoms with Crippen LogP contribution < -0.4 is 9.47 Å². The number of aromatic nitrogens is 2. The van der Waals surface area contributed by atoms with Gasteiger partial charge >= 0.3 is 6.01 Å². The SMILES string of the molecule is COc1nc(OC)c(N=O)c(C(C#N)c2cc(C)cc(C#N)c2)n1. The Bertz CT molecular complexity index is 867. The fourth-order valence-electron chi connectivity index (χ4n) is 2.29. The van der Waals surface area contributed by atoms with E-state index in [1.54, 1.807) is 25.1 Å². The number of aryl methyl sites for hydroxylation is 1. The molecule has 0 fully saturated rings. The van der Waals surface area contributed by atoms with Crippen LogP contribution in [0.1, 0.15) is 28.3 Å². The first kappa shape index (κ1) is 16.8. The minimum Gasteiger partial charge on any atom is -0.479 e. The summed E-state index contributed by atoms with van der Waals surface area (Å²) >= 11 is 0. The smallest absolute Gasteiger partial charge is 0.319 e. The molecule has 8 nitrogen and oxygen atoms in total. The number of nitriles is 2. The van der Waals surface area contributed by atoms with E-state index in [0.717, 1.165) is 5.56 Å². The van der Waals surface area contributed by atoms with Gasteiger partial charge in [0.25, 0.3) is 0 Å². The number of methoxy groups -OCH3 is 2. The van der Waals surface area contributed by atoms with E-state index in [9.17, 15) is 10.2 Å². The van der Waals surface area contributed by atoms with E-state index in [2.05, 4.69) is 21.2 Å². The highest BCUT2D eigenvalue weighted by molar-refractivity contribution is 5.58. The fraction of sp³-hybridized carbons (Fsp3) is 0.250. The van der Waals surface area contributed by atoms with Crippen molar-refractivity contribution in [3.63, 3.8) is 0 Å². The number of nitrogens with zero attached hydrogens (tertiary/aromatic N) is 5. The molecule has 0 saturated carbocycles. The first-order chi connectivity index (χ1) is 11.6. The quantitative estimate of drug-likeness (QED) is 0.775. The van der Waals surface area contributed by atoms with Crippen molar-refractivity contribution in [3.05, 3.63) is 45.5 Å². The fourth-order valence-corrected chi connectivity index (χ4v) is 2.29. The van der Waals surface area contributed by atoms with Crippen LogP contribution in [0, 0.1) is 34.5 Å². The second kappa shape index (κ2) is 7.16. The topological polar surface area (TPSA) is 121 Å². The summed E-state index contributed by atoms with van der Waals surface area (Å²) in [6, 6.07) is 9.06. The van der Waals surface area contributed by atoms with Crippen LogP contribution in [0.4, 0.5) is 5.69 Å². The molecule has 2 rings (SSSR count). The third kappa shape index (κ3) is 3.13. The molecule has 1 atom stereocenters. The zero-order valence-corrected chi connectivity index (χ0v) is 13.3. The molecule has 1 unspecified atom stereocenters. The van der Waals surface area contributed by atoms with Gasteiger partial charge in [-0.15, -0.1) is 4.91 Å². The van der Waals surface area contributed by atoms with E-state index >= 15 is 0 Å². The second-order valence-electron chi connectivity index (χ2n) is 4.85. The largest absolute Gasteiger partial charge is 0.479 e. The van der Waals surface area contributed by atoms with Gasteiger partial charge in [-0.3, -0.25) is 0 Å². The van der Waals surface area contributed by atoms with Gasteiger partial charge < -0.3 is 9.47 Å². The Morgan fingerprint density at radius 2 is 1.92 bits per heavy atom. The van der Waals surface area contributed by atoms with E-state index in [0.29, 0.717) is 11.1 Å². The normalized spacial score (nSPS) is 11.0. The van der Waals surface area contributed by atoms with Gasteiger partial charge in [-0.1, -0.05) is 6.07 Å². The maximum Gasteiger partial charge on any atom is 0.319 e. The Hall–Kier alpha value is -3.52. The first-order valence-corrected chi connectivity index (χ1v) is 6.82. The Morgan fingerprint density at radius 3 is 2.46 bits per heavy atom. The molecule has 0 amide bonds. The molecule has 0 N–H and O–H groups in total. The monoisotopic (exact) mass is 323 g/mol. The van der Waals surface area contributed by atoms with Crippen molar-refractivity contribution < 1.29 is 9.47 Å². The number of hydrogen-bond donors (Lipinski definition) is 0. The zero-order valence-electron chi connectivity index (χ0n) is 13.3. The molecule has 0 aliphatic carbocycles. The van der Waals surface area contributed by atoms with E-state index in [-0.39, 0.29) is 23.3 Å². The van der Waals surface area contributed by atoms with Crippen molar-refractivity contribution in [1.82, 2.24) is 9.97 Å². The molecule has 1 aromatic heterocycles. The van der Waals surface area contributed by atoms with Gasteiger partial charge in [0, 0.05) is 0 Å². The van der Waals surface area contributed by atoms with Gasteiger partial charge in [0.15, 0.2) is 5.69 Å². The van der Waals surface area contributed by atoms with Crippen molar-refractivity contribution in [2.45, 2.75) is 12.8 Å². The molecule has 24 heavy (non-hydrogen) atoms. The van der Waals surface area contributed by atoms with Gasteiger partial charge in [-0.05, 0) is 35.4 Å². The summed E-state index contributed by atoms with van der Waals surface area (Å²) < 4.78 is 10.0. The number of benzene rings is 1. The van der Waals surface area contributed by atoms with Gasteiger partial charge in [0.05, 0.1) is 31.9 Å². The molecule has 120 valence electrons. The standard InChI is InChI=1S/C16H13N5O3/c1-9-4-10(7-17)6-11(5-9)12(8-18)13-14(21-22)15(23-2)20-16(19-13)24-3/h4-6,12H,1-3H3. The molecule has 1 aromatic carbocycles. The molecule has 0 aliphatic rings. The molecule has 0 radical (unpaired) electrons. The summed E-state index contributed by atoms with van der Waals surface area (Å²) in [6.07, 6.45) is 0. The molecule has 0 saturated heterocycles. The van der Waals surface area contributed by atoms with Crippen LogP contribution in [0.15, 0.2) is 23.4 Å². The van der Waals surface area contributed by atoms with Crippen molar-refractivity contribution in [2.24, 2.45) is 5.18 Å². The summed E-state index contributed by atoms with van der Waals surface area (Å²) in [5.74, 6) is -1.02. The molecular weight excluding hydrogens is 310 g/mol. The van der Waals surface area contributed by atoms with E-state index in [4.69, 9.17) is 14.7 Å². The maximum atomic E-state index is 11.2. The van der Waals surface area contributed by atoms with Crippen molar-refractivity contribution >= 4 is 5.69 Å². The first-order valence-electron chi connectivity index (χ1n) is 6.82. The van der Waals surface area contributed by atoms with Crippen LogP contribution in [0.2, 0.25) is 0 Å². The predicted molar refractivity (Wildman–Crippen MR) is 83.9 cm³/mol. The average Bonchev–Trinajstić information content (AvgIpc) is 2.60. The van der Waals surface area contributed by atoms with Crippen molar-refractivity contribution in [2.75, 3.05) is 14.2 Å². The third-order valence-corrected chi connectivity index (χ3v) is 3.29. The van der Waals surface area contributed by atoms with Crippen molar-refractivity contribution in [1.29, 1.82) is 10.5 Å². The number of rotatable bonds is 5. The lowest BCUT2D eigenvalue weighted by Gasteiger charge is -2.14. The Labute approximate surface area is 138 Å². The van der Waals surface area contributed by atoms with E-state index in [1.165, 1.54) is 14.2 Å². The lowest BCUT2D eigenvalue weighted by molar-refractivity contribution is 0.351. The van der Waals surface area contributed by atoms with Gasteiger partial charge in [0.1, 0.15) is 11.6 Å². The highest BCUT2D eigenvalue weighted by Gasteiger charge is 2.26. The summed E-state index contributed by atoms with van der Waals surface area (Å²) in [4.78, 5) is 19.2. The number of nitroso groups, excluding NO2 is 1. The van der Waals surface area contributed by atoms with Crippen LogP contribution in [-0.2, 0) is 0 Å². The highest BCUT2D eigenvalue weighted by atomic mass is 16.5. The lowest BCUT2D eigenvalue weighted by Crippen LogP contribution is -2.07. The maximum absolute atomic E-state index is 11.2. The molecule has 0 spiro atoms. The van der Waals surface area contributed by atoms with Crippen LogP contribution in [0.5, 0.6) is 11.9 Å².